The molecule has 0 bridgehead atoms. The number of hydrogen-bond donors (Lipinski definition) is 0. The number of unbranched alkanes of at least 4 members (excludes halogenated alkanes) is 3. The van der Waals surface area contributed by atoms with Crippen molar-refractivity contribution in [2.75, 3.05) is 13.1 Å². The summed E-state index contributed by atoms with van der Waals surface area (Å²) >= 11 is 3.96. The van der Waals surface area contributed by atoms with Crippen LogP contribution in [0.25, 0.3) is 0 Å². The summed E-state index contributed by atoms with van der Waals surface area (Å²) in [6.45, 7) is 16.2. The SMILES string of the molecule is CCC[CH2][Sn]([CH2]CCC)([CH2]CCC)[c]1cc(Cl)cc(C)c1OC1CCN(C(=O)OC(C)(C)C)CC1. The van der Waals surface area contributed by atoms with Crippen LogP contribution in [0.5, 0.6) is 5.75 Å². The number of amides is 1. The van der Waals surface area contributed by atoms with E-state index in [9.17, 15) is 4.79 Å². The molecule has 0 spiro atoms. The molecule has 0 unspecified atom stereocenters. The summed E-state index contributed by atoms with van der Waals surface area (Å²) < 4.78 is 18.1. The summed E-state index contributed by atoms with van der Waals surface area (Å²) in [7, 11) is 0. The Hall–Kier alpha value is -0.621. The molecule has 1 aromatic carbocycles. The average Bonchev–Trinajstić information content (AvgIpc) is 2.80. The van der Waals surface area contributed by atoms with Crippen molar-refractivity contribution >= 4 is 39.7 Å². The van der Waals surface area contributed by atoms with Crippen molar-refractivity contribution in [2.24, 2.45) is 0 Å². The maximum atomic E-state index is 12.5. The molecule has 0 saturated carbocycles. The number of ether oxygens (including phenoxy) is 2. The van der Waals surface area contributed by atoms with Gasteiger partial charge >= 0.3 is 225 Å². The molecule has 6 heteroatoms. The summed E-state index contributed by atoms with van der Waals surface area (Å²) in [4.78, 5) is 14.3. The van der Waals surface area contributed by atoms with E-state index in [0.29, 0.717) is 13.1 Å². The molecule has 4 nitrogen and oxygen atoms in total. The fraction of sp³-hybridized carbons (Fsp3) is 0.759. The Kier molecular flexibility index (Phi) is 12.5. The standard InChI is InChI=1S/C17H23ClNO3.3C4H9.Sn/c1-12-11-13(18)5-6-15(12)21-14-7-9-19(10-8-14)16(20)22-17(2,3)4;3*1-3-4-2;/h5,11,14H,7-10H2,1-4H3;3*1,3-4H2,2H3;. The molecule has 2 rings (SSSR count). The molecule has 1 fully saturated rings. The molecule has 0 atom stereocenters. The van der Waals surface area contributed by atoms with Gasteiger partial charge in [-0.25, -0.2) is 0 Å². The molecule has 200 valence electrons. The van der Waals surface area contributed by atoms with Gasteiger partial charge in [-0.15, -0.1) is 0 Å². The number of aryl methyl sites for hydroxylation is 1. The number of rotatable bonds is 12. The zero-order valence-electron chi connectivity index (χ0n) is 23.5. The molecule has 0 aromatic heterocycles. The molecule has 0 aliphatic carbocycles. The first-order valence-corrected chi connectivity index (χ1v) is 21.9. The van der Waals surface area contributed by atoms with Crippen molar-refractivity contribution in [3.8, 4) is 5.75 Å². The van der Waals surface area contributed by atoms with Gasteiger partial charge in [0.1, 0.15) is 0 Å². The normalized spacial score (nSPS) is 15.4. The van der Waals surface area contributed by atoms with Gasteiger partial charge in [-0.3, -0.25) is 0 Å². The van der Waals surface area contributed by atoms with Crippen LogP contribution in [0.15, 0.2) is 12.1 Å². The third-order valence-electron chi connectivity index (χ3n) is 7.22. The number of nitrogens with zero attached hydrogens (tertiary/aromatic N) is 1. The van der Waals surface area contributed by atoms with Crippen LogP contribution in [0.1, 0.15) is 98.5 Å². The first-order valence-electron chi connectivity index (χ1n) is 14.0. The number of halogens is 1. The number of carbonyl (C=O) groups excluding carboxylic acids is 1. The van der Waals surface area contributed by atoms with Gasteiger partial charge in [-0.2, -0.15) is 0 Å². The minimum atomic E-state index is -2.74. The molecular weight excluding hydrogens is 564 g/mol. The summed E-state index contributed by atoms with van der Waals surface area (Å²) in [6.07, 6.45) is 9.24. The Labute approximate surface area is 224 Å². The minimum absolute atomic E-state index is 0.125. The van der Waals surface area contributed by atoms with Gasteiger partial charge in [0.15, 0.2) is 0 Å². The number of carbonyl (C=O) groups is 1. The van der Waals surface area contributed by atoms with Gasteiger partial charge in [0.05, 0.1) is 0 Å². The van der Waals surface area contributed by atoms with E-state index in [4.69, 9.17) is 21.1 Å². The molecule has 1 heterocycles. The molecule has 0 N–H and O–H groups in total. The van der Waals surface area contributed by atoms with E-state index in [1.807, 2.05) is 25.7 Å². The van der Waals surface area contributed by atoms with E-state index in [-0.39, 0.29) is 12.2 Å². The van der Waals surface area contributed by atoms with Crippen molar-refractivity contribution in [1.82, 2.24) is 4.90 Å². The fourth-order valence-electron chi connectivity index (χ4n) is 5.25. The van der Waals surface area contributed by atoms with E-state index in [1.165, 1.54) is 61.0 Å². The molecule has 1 amide bonds. The zero-order chi connectivity index (χ0) is 26.1. The maximum absolute atomic E-state index is 12.5. The molecule has 1 saturated heterocycles. The Balaban J connectivity index is 2.30. The van der Waals surface area contributed by atoms with E-state index < -0.39 is 24.0 Å². The molecule has 35 heavy (non-hydrogen) atoms. The third kappa shape index (κ3) is 9.32. The van der Waals surface area contributed by atoms with Crippen molar-refractivity contribution in [1.29, 1.82) is 0 Å². The summed E-state index contributed by atoms with van der Waals surface area (Å²) in [5, 5.41) is 0.857. The second-order valence-corrected chi connectivity index (χ2v) is 25.0. The topological polar surface area (TPSA) is 38.8 Å². The Morgan fingerprint density at radius 3 is 1.97 bits per heavy atom. The molecule has 1 aliphatic heterocycles. The van der Waals surface area contributed by atoms with Gasteiger partial charge < -0.3 is 0 Å². The van der Waals surface area contributed by atoms with Crippen LogP contribution in [-0.2, 0) is 4.74 Å². The Bertz CT molecular complexity index is 778. The quantitative estimate of drug-likeness (QED) is 0.222. The van der Waals surface area contributed by atoms with Crippen LogP contribution in [0, 0.1) is 6.92 Å². The molecule has 0 radical (unpaired) electrons. The third-order valence-corrected chi connectivity index (χ3v) is 23.0. The first kappa shape index (κ1) is 30.6. The van der Waals surface area contributed by atoms with Crippen LogP contribution in [0.2, 0.25) is 18.3 Å². The fourth-order valence-corrected chi connectivity index (χ4v) is 22.5. The van der Waals surface area contributed by atoms with Gasteiger partial charge in [-0.05, 0) is 0 Å². The van der Waals surface area contributed by atoms with Crippen molar-refractivity contribution < 1.29 is 14.3 Å². The number of benzene rings is 1. The van der Waals surface area contributed by atoms with E-state index in [0.717, 1.165) is 23.6 Å². The summed E-state index contributed by atoms with van der Waals surface area (Å²) in [5.41, 5.74) is 0.707. The van der Waals surface area contributed by atoms with Crippen molar-refractivity contribution in [3.05, 3.63) is 22.7 Å². The van der Waals surface area contributed by atoms with E-state index in [1.54, 1.807) is 0 Å². The average molecular weight is 615 g/mol. The van der Waals surface area contributed by atoms with Gasteiger partial charge in [0.2, 0.25) is 0 Å². The van der Waals surface area contributed by atoms with Crippen LogP contribution >= 0.6 is 11.6 Å². The Morgan fingerprint density at radius 2 is 1.51 bits per heavy atom. The zero-order valence-corrected chi connectivity index (χ0v) is 27.1. The second-order valence-electron chi connectivity index (χ2n) is 11.5. The van der Waals surface area contributed by atoms with Crippen molar-refractivity contribution in [2.45, 2.75) is 125 Å². The molecule has 1 aromatic rings. The predicted octanol–water partition coefficient (Wildman–Crippen LogP) is 8.48. The number of hydrogen-bond acceptors (Lipinski definition) is 3. The predicted molar refractivity (Wildman–Crippen MR) is 152 cm³/mol. The first-order chi connectivity index (χ1) is 16.5. The monoisotopic (exact) mass is 615 g/mol. The van der Waals surface area contributed by atoms with Crippen LogP contribution in [0.4, 0.5) is 4.79 Å². The van der Waals surface area contributed by atoms with Gasteiger partial charge in [0.25, 0.3) is 0 Å². The van der Waals surface area contributed by atoms with Crippen molar-refractivity contribution in [3.63, 3.8) is 0 Å². The summed E-state index contributed by atoms with van der Waals surface area (Å²) in [5.74, 6) is 1.13. The number of likely N-dealkylation sites (tertiary alicyclic amines) is 1. The Morgan fingerprint density at radius 1 is 1.00 bits per heavy atom. The second kappa shape index (κ2) is 14.4. The van der Waals surface area contributed by atoms with Crippen LogP contribution in [-0.4, -0.2) is 54.2 Å². The molecule has 1 aliphatic rings. The number of piperidine rings is 1. The van der Waals surface area contributed by atoms with Gasteiger partial charge in [0, 0.05) is 0 Å². The molecular formula is C29H50ClNO3Sn. The van der Waals surface area contributed by atoms with E-state index in [2.05, 4.69) is 39.8 Å². The van der Waals surface area contributed by atoms with E-state index >= 15 is 0 Å². The van der Waals surface area contributed by atoms with Crippen LogP contribution < -0.4 is 8.32 Å². The summed E-state index contributed by atoms with van der Waals surface area (Å²) in [6, 6.07) is 4.36. The van der Waals surface area contributed by atoms with Gasteiger partial charge in [-0.1, -0.05) is 0 Å². The van der Waals surface area contributed by atoms with Crippen LogP contribution in [0.3, 0.4) is 0 Å².